The van der Waals surface area contributed by atoms with Crippen molar-refractivity contribution in [3.63, 3.8) is 0 Å². The van der Waals surface area contributed by atoms with Crippen LogP contribution < -0.4 is 18.9 Å². The van der Waals surface area contributed by atoms with Crippen molar-refractivity contribution < 1.29 is 70.0 Å². The first-order chi connectivity index (χ1) is 48.4. The van der Waals surface area contributed by atoms with E-state index < -0.39 is 24.4 Å². The Morgan fingerprint density at radius 3 is 0.860 bits per heavy atom. The number of rotatable bonds is 22. The number of hydrogen-bond acceptors (Lipinski definition) is 14. The largest absolute Gasteiger partial charge is 0.508 e. The van der Waals surface area contributed by atoms with E-state index in [1.54, 1.807) is 60.7 Å². The predicted molar refractivity (Wildman–Crippen MR) is 392 cm³/mol. The van der Waals surface area contributed by atoms with Gasteiger partial charge in [0, 0.05) is 24.3 Å². The number of benzene rings is 12. The topological polar surface area (TPSA) is 239 Å². The van der Waals surface area contributed by atoms with Crippen LogP contribution >= 0.6 is 0 Å². The molecule has 0 aromatic heterocycles. The van der Waals surface area contributed by atoms with Crippen molar-refractivity contribution in [3.8, 4) is 57.5 Å². The molecule has 0 amide bonds. The second-order valence-electron chi connectivity index (χ2n) is 23.6. The summed E-state index contributed by atoms with van der Waals surface area (Å²) in [5, 5.41) is 97.4. The molecular formula is C86H80O14. The maximum Gasteiger partial charge on any atom is 0.124 e. The Hall–Kier alpha value is -12.0. The van der Waals surface area contributed by atoms with Crippen LogP contribution in [0, 0.1) is 13.8 Å². The van der Waals surface area contributed by atoms with Crippen molar-refractivity contribution in [1.29, 1.82) is 0 Å². The number of aliphatic hydroxyl groups excluding tert-OH is 4. The van der Waals surface area contributed by atoms with Crippen molar-refractivity contribution in [1.82, 2.24) is 0 Å². The van der Waals surface area contributed by atoms with E-state index in [-0.39, 0.29) is 40.1 Å². The zero-order chi connectivity index (χ0) is 70.6. The fourth-order valence-corrected chi connectivity index (χ4v) is 10.1. The van der Waals surface area contributed by atoms with Gasteiger partial charge in [0.05, 0.1) is 0 Å². The quantitative estimate of drug-likeness (QED) is 0.0284. The van der Waals surface area contributed by atoms with E-state index in [4.69, 9.17) is 29.2 Å². The van der Waals surface area contributed by atoms with Crippen LogP contribution in [-0.4, -0.2) is 51.1 Å². The third kappa shape index (κ3) is 23.7. The minimum absolute atomic E-state index is 0.0235. The van der Waals surface area contributed by atoms with Gasteiger partial charge in [0.15, 0.2) is 0 Å². The Morgan fingerprint density at radius 2 is 0.500 bits per heavy atom. The minimum Gasteiger partial charge on any atom is -0.508 e. The summed E-state index contributed by atoms with van der Waals surface area (Å²) in [6, 6.07) is 87.9. The average Bonchev–Trinajstić information content (AvgIpc) is 0.842. The second kappa shape index (κ2) is 36.9. The highest BCUT2D eigenvalue weighted by molar-refractivity contribution is 5.72. The molecule has 0 aliphatic heterocycles. The van der Waals surface area contributed by atoms with E-state index in [2.05, 4.69) is 67.6 Å². The highest BCUT2D eigenvalue weighted by atomic mass is 16.5. The molecule has 0 aliphatic rings. The molecule has 4 unspecified atom stereocenters. The van der Waals surface area contributed by atoms with Crippen LogP contribution in [0.1, 0.15) is 102 Å². The molecule has 12 aromatic carbocycles. The van der Waals surface area contributed by atoms with Crippen molar-refractivity contribution in [2.45, 2.75) is 64.7 Å². The summed E-state index contributed by atoms with van der Waals surface area (Å²) in [7, 11) is 0. The van der Waals surface area contributed by atoms with E-state index >= 15 is 0 Å². The molecule has 14 heteroatoms. The Balaban J connectivity index is 0.000000161. The zero-order valence-corrected chi connectivity index (χ0v) is 55.3. The van der Waals surface area contributed by atoms with Crippen LogP contribution in [0.2, 0.25) is 0 Å². The Bertz CT molecular complexity index is 4330. The normalized spacial score (nSPS) is 12.1. The van der Waals surface area contributed by atoms with Crippen LogP contribution in [0.3, 0.4) is 0 Å². The fraction of sp³-hybridized carbons (Fsp3) is 0.116. The molecule has 0 spiro atoms. The van der Waals surface area contributed by atoms with Crippen molar-refractivity contribution in [2.75, 3.05) is 0 Å². The fourth-order valence-electron chi connectivity index (χ4n) is 10.1. The summed E-state index contributed by atoms with van der Waals surface area (Å²) in [5.74, 6) is 2.63. The molecule has 12 rings (SSSR count). The number of aryl methyl sites for hydroxylation is 2. The maximum absolute atomic E-state index is 11.0. The predicted octanol–water partition coefficient (Wildman–Crippen LogP) is 17.8. The summed E-state index contributed by atoms with van der Waals surface area (Å²) in [4.78, 5) is 0. The van der Waals surface area contributed by atoms with Gasteiger partial charge in [-0.1, -0.05) is 230 Å². The van der Waals surface area contributed by atoms with Gasteiger partial charge in [-0.05, 0) is 153 Å². The molecular weight excluding hydrogens is 1260 g/mol. The molecule has 0 fully saturated rings. The van der Waals surface area contributed by atoms with E-state index in [1.807, 2.05) is 153 Å². The zero-order valence-electron chi connectivity index (χ0n) is 55.3. The molecule has 14 nitrogen and oxygen atoms in total. The highest BCUT2D eigenvalue weighted by Gasteiger charge is 2.23. The molecule has 4 atom stereocenters. The monoisotopic (exact) mass is 1340 g/mol. The second-order valence-corrected chi connectivity index (χ2v) is 23.6. The molecule has 12 aromatic rings. The van der Waals surface area contributed by atoms with Gasteiger partial charge >= 0.3 is 0 Å². The molecule has 0 bridgehead atoms. The van der Waals surface area contributed by atoms with Gasteiger partial charge < -0.3 is 70.0 Å². The minimum atomic E-state index is -1.30. The standard InChI is InChI=1S/C29H28O4.C29H26O2.C14H14O5.C14H12O3/c1-21-12-14-24(15-13-21)28(30)29(31)25-16-26(32-19-22-8-4-2-5-9-22)18-27(17-25)33-20-23-10-6-3-7-11-23;1-23-12-14-24(15-13-23)16-17-27-18-28(30-21-25-8-4-2-5-9-25)20-29(19-27)31-22-26-10-6-3-7-11-26;15-10-3-1-8(2-4-10)13(18)14(19)9-5-11(16)7-12(17)6-9;15-12-5-3-10(4-6-12)1-2-11-7-13(16)9-14(17)8-11/h2-18,28-31H,19-20H2,1H3;2-20H,21-22H2,1H3;1-7,13-19H;1-9,15-17H/b;17-16+;;2-1+. The lowest BCUT2D eigenvalue weighted by Crippen LogP contribution is -2.11. The Kier molecular flexibility index (Phi) is 26.7. The van der Waals surface area contributed by atoms with E-state index in [0.717, 1.165) is 62.1 Å². The molecule has 0 radical (unpaired) electrons. The summed E-state index contributed by atoms with van der Waals surface area (Å²) in [5.41, 5.74) is 12.3. The summed E-state index contributed by atoms with van der Waals surface area (Å²) >= 11 is 0. The van der Waals surface area contributed by atoms with Crippen LogP contribution in [0.5, 0.6) is 57.5 Å². The Morgan fingerprint density at radius 1 is 0.240 bits per heavy atom. The first-order valence-corrected chi connectivity index (χ1v) is 32.3. The van der Waals surface area contributed by atoms with Gasteiger partial charge in [-0.2, -0.15) is 0 Å². The van der Waals surface area contributed by atoms with Crippen LogP contribution in [0.15, 0.2) is 291 Å². The van der Waals surface area contributed by atoms with E-state index in [9.17, 15) is 40.9 Å². The third-order valence-electron chi connectivity index (χ3n) is 15.5. The van der Waals surface area contributed by atoms with Crippen molar-refractivity contribution in [2.24, 2.45) is 0 Å². The van der Waals surface area contributed by atoms with Gasteiger partial charge in [-0.15, -0.1) is 0 Å². The number of hydrogen-bond donors (Lipinski definition) is 10. The van der Waals surface area contributed by atoms with Crippen LogP contribution in [0.25, 0.3) is 24.3 Å². The number of phenols is 6. The average molecular weight is 1340 g/mol. The molecule has 0 saturated carbocycles. The van der Waals surface area contributed by atoms with Crippen LogP contribution in [-0.2, 0) is 26.4 Å². The third-order valence-corrected chi connectivity index (χ3v) is 15.5. The van der Waals surface area contributed by atoms with Crippen molar-refractivity contribution >= 4 is 24.3 Å². The molecule has 508 valence electrons. The number of ether oxygens (including phenoxy) is 4. The summed E-state index contributed by atoms with van der Waals surface area (Å²) in [6.45, 7) is 5.89. The lowest BCUT2D eigenvalue weighted by molar-refractivity contribution is 0.0169. The van der Waals surface area contributed by atoms with E-state index in [0.29, 0.717) is 60.2 Å². The lowest BCUT2D eigenvalue weighted by Gasteiger charge is -2.21. The summed E-state index contributed by atoms with van der Waals surface area (Å²) in [6.07, 6.45) is 3.05. The van der Waals surface area contributed by atoms with Crippen molar-refractivity contribution in [3.05, 3.63) is 369 Å². The van der Waals surface area contributed by atoms with Crippen LogP contribution in [0.4, 0.5) is 0 Å². The highest BCUT2D eigenvalue weighted by Crippen LogP contribution is 2.36. The molecule has 0 heterocycles. The van der Waals surface area contributed by atoms with E-state index in [1.165, 1.54) is 48.0 Å². The maximum atomic E-state index is 11.0. The van der Waals surface area contributed by atoms with Gasteiger partial charge in [0.1, 0.15) is 108 Å². The number of aromatic hydroxyl groups is 6. The molecule has 100 heavy (non-hydrogen) atoms. The molecule has 10 N–H and O–H groups in total. The number of aliphatic hydroxyl groups is 4. The van der Waals surface area contributed by atoms with Gasteiger partial charge in [0.25, 0.3) is 0 Å². The molecule has 0 aliphatic carbocycles. The lowest BCUT2D eigenvalue weighted by atomic mass is 9.97. The SMILES string of the molecule is Cc1ccc(/C=C/c2cc(OCc3ccccc3)cc(OCc3ccccc3)c2)cc1.Cc1ccc(C(O)C(O)c2cc(OCc3ccccc3)cc(OCc3ccccc3)c2)cc1.Oc1ccc(/C=C/c2cc(O)cc(O)c2)cc1.Oc1ccc(C(O)C(O)c2cc(O)cc(O)c2)cc1. The smallest absolute Gasteiger partial charge is 0.124 e. The first-order valence-electron chi connectivity index (χ1n) is 32.3. The Labute approximate surface area is 582 Å². The van der Waals surface area contributed by atoms with Gasteiger partial charge in [-0.25, -0.2) is 0 Å². The summed E-state index contributed by atoms with van der Waals surface area (Å²) < 4.78 is 24.2. The van der Waals surface area contributed by atoms with Gasteiger partial charge in [0.2, 0.25) is 0 Å². The molecule has 0 saturated heterocycles. The van der Waals surface area contributed by atoms with Gasteiger partial charge in [-0.3, -0.25) is 0 Å². The first kappa shape index (κ1) is 72.2. The number of phenolic OH excluding ortho intramolecular Hbond substituents is 6.